The number of para-hydroxylation sites is 1. The Labute approximate surface area is 141 Å². The minimum absolute atomic E-state index is 0.103. The third kappa shape index (κ3) is 5.89. The van der Waals surface area contributed by atoms with E-state index in [1.807, 2.05) is 6.07 Å². The van der Waals surface area contributed by atoms with Crippen LogP contribution in [0.3, 0.4) is 0 Å². The molecule has 0 bridgehead atoms. The van der Waals surface area contributed by atoms with E-state index in [1.54, 1.807) is 0 Å². The molecule has 0 radical (unpaired) electrons. The summed E-state index contributed by atoms with van der Waals surface area (Å²) < 4.78 is 0. The molecule has 1 saturated carbocycles. The maximum Gasteiger partial charge on any atom is 0.221 e. The molecule has 128 valence electrons. The van der Waals surface area contributed by atoms with E-state index in [2.05, 4.69) is 49.6 Å². The van der Waals surface area contributed by atoms with E-state index in [1.165, 1.54) is 31.2 Å². The van der Waals surface area contributed by atoms with Crippen molar-refractivity contribution in [3.05, 3.63) is 29.8 Å². The van der Waals surface area contributed by atoms with Crippen LogP contribution in [0.4, 0.5) is 5.69 Å². The maximum absolute atomic E-state index is 12.1. The van der Waals surface area contributed by atoms with Gasteiger partial charge in [-0.1, -0.05) is 64.7 Å². The molecule has 1 aromatic carbocycles. The fraction of sp³-hybridized carbons (Fsp3) is 0.650. The molecule has 3 nitrogen and oxygen atoms in total. The largest absolute Gasteiger partial charge is 0.384 e. The molecule has 2 N–H and O–H groups in total. The second-order valence-electron chi connectivity index (χ2n) is 7.73. The van der Waals surface area contributed by atoms with E-state index in [0.717, 1.165) is 18.5 Å². The van der Waals surface area contributed by atoms with Crippen molar-refractivity contribution in [1.82, 2.24) is 5.32 Å². The van der Waals surface area contributed by atoms with Crippen LogP contribution in [0, 0.1) is 0 Å². The first-order chi connectivity index (χ1) is 11.0. The fourth-order valence-electron chi connectivity index (χ4n) is 3.33. The molecule has 2 rings (SSSR count). The highest BCUT2D eigenvalue weighted by molar-refractivity contribution is 5.76. The van der Waals surface area contributed by atoms with Crippen molar-refractivity contribution < 1.29 is 4.79 Å². The minimum atomic E-state index is 0.103. The molecule has 23 heavy (non-hydrogen) atoms. The zero-order valence-corrected chi connectivity index (χ0v) is 15.0. The standard InChI is InChI=1S/C20H32N2O/c1-20(2,3)17-12-8-9-13-18(17)21-15-14-19(23)22-16-10-6-4-5-7-11-16/h8-9,12-13,16,21H,4-7,10-11,14-15H2,1-3H3,(H,22,23). The van der Waals surface area contributed by atoms with Gasteiger partial charge in [-0.15, -0.1) is 0 Å². The summed E-state index contributed by atoms with van der Waals surface area (Å²) in [5, 5.41) is 6.65. The summed E-state index contributed by atoms with van der Waals surface area (Å²) in [6.07, 6.45) is 7.96. The molecule has 1 aromatic rings. The number of hydrogen-bond acceptors (Lipinski definition) is 2. The lowest BCUT2D eigenvalue weighted by Gasteiger charge is -2.23. The van der Waals surface area contributed by atoms with Crippen molar-refractivity contribution in [2.45, 2.75) is 77.2 Å². The number of carbonyl (C=O) groups is 1. The van der Waals surface area contributed by atoms with Gasteiger partial charge in [-0.05, 0) is 29.9 Å². The quantitative estimate of drug-likeness (QED) is 0.778. The molecule has 0 aromatic heterocycles. The van der Waals surface area contributed by atoms with Crippen LogP contribution in [0.15, 0.2) is 24.3 Å². The van der Waals surface area contributed by atoms with Gasteiger partial charge in [0.25, 0.3) is 0 Å². The van der Waals surface area contributed by atoms with Gasteiger partial charge in [0.1, 0.15) is 0 Å². The lowest BCUT2D eigenvalue weighted by atomic mass is 9.86. The molecule has 1 aliphatic rings. The monoisotopic (exact) mass is 316 g/mol. The number of anilines is 1. The highest BCUT2D eigenvalue weighted by atomic mass is 16.1. The number of carbonyl (C=O) groups excluding carboxylic acids is 1. The van der Waals surface area contributed by atoms with Crippen LogP contribution in [0.1, 0.15) is 71.3 Å². The average molecular weight is 316 g/mol. The van der Waals surface area contributed by atoms with E-state index in [0.29, 0.717) is 19.0 Å². The van der Waals surface area contributed by atoms with Gasteiger partial charge in [0, 0.05) is 24.7 Å². The highest BCUT2D eigenvalue weighted by Crippen LogP contribution is 2.29. The summed E-state index contributed by atoms with van der Waals surface area (Å²) in [6.45, 7) is 7.33. The molecule has 1 aliphatic carbocycles. The number of hydrogen-bond donors (Lipinski definition) is 2. The first-order valence-corrected chi connectivity index (χ1v) is 9.09. The predicted molar refractivity (Wildman–Crippen MR) is 97.9 cm³/mol. The van der Waals surface area contributed by atoms with Gasteiger partial charge in [-0.3, -0.25) is 4.79 Å². The Morgan fingerprint density at radius 2 is 1.74 bits per heavy atom. The summed E-state index contributed by atoms with van der Waals surface area (Å²) in [6, 6.07) is 8.78. The molecule has 0 aliphatic heterocycles. The second kappa shape index (κ2) is 8.37. The molecule has 0 heterocycles. The van der Waals surface area contributed by atoms with Crippen LogP contribution in [-0.2, 0) is 10.2 Å². The van der Waals surface area contributed by atoms with Gasteiger partial charge in [-0.25, -0.2) is 0 Å². The lowest BCUT2D eigenvalue weighted by molar-refractivity contribution is -0.121. The van der Waals surface area contributed by atoms with Crippen LogP contribution in [0.2, 0.25) is 0 Å². The first-order valence-electron chi connectivity index (χ1n) is 9.09. The third-order valence-corrected chi connectivity index (χ3v) is 4.62. The molecule has 1 amide bonds. The first kappa shape index (κ1) is 17.8. The van der Waals surface area contributed by atoms with Crippen molar-refractivity contribution >= 4 is 11.6 Å². The van der Waals surface area contributed by atoms with E-state index < -0.39 is 0 Å². The van der Waals surface area contributed by atoms with Gasteiger partial charge in [0.15, 0.2) is 0 Å². The summed E-state index contributed by atoms with van der Waals surface area (Å²) in [4.78, 5) is 12.1. The van der Waals surface area contributed by atoms with Gasteiger partial charge in [0.2, 0.25) is 5.91 Å². The lowest BCUT2D eigenvalue weighted by Crippen LogP contribution is -2.35. The van der Waals surface area contributed by atoms with Crippen molar-refractivity contribution in [2.24, 2.45) is 0 Å². The SMILES string of the molecule is CC(C)(C)c1ccccc1NCCC(=O)NC1CCCCCC1. The van der Waals surface area contributed by atoms with Crippen molar-refractivity contribution in [3.63, 3.8) is 0 Å². The Morgan fingerprint density at radius 3 is 2.39 bits per heavy atom. The van der Waals surface area contributed by atoms with Crippen LogP contribution in [0.25, 0.3) is 0 Å². The van der Waals surface area contributed by atoms with Crippen LogP contribution in [0.5, 0.6) is 0 Å². The third-order valence-electron chi connectivity index (χ3n) is 4.62. The van der Waals surface area contributed by atoms with Gasteiger partial charge in [0.05, 0.1) is 0 Å². The van der Waals surface area contributed by atoms with Gasteiger partial charge in [-0.2, -0.15) is 0 Å². The zero-order chi connectivity index (χ0) is 16.7. The average Bonchev–Trinajstić information content (AvgIpc) is 2.75. The van der Waals surface area contributed by atoms with Crippen LogP contribution >= 0.6 is 0 Å². The summed E-state index contributed by atoms with van der Waals surface area (Å²) in [7, 11) is 0. The van der Waals surface area contributed by atoms with Gasteiger partial charge < -0.3 is 10.6 Å². The molecular formula is C20H32N2O. The molecular weight excluding hydrogens is 284 g/mol. The number of rotatable bonds is 5. The van der Waals surface area contributed by atoms with Crippen molar-refractivity contribution in [2.75, 3.05) is 11.9 Å². The summed E-state index contributed by atoms with van der Waals surface area (Å²) >= 11 is 0. The number of nitrogens with one attached hydrogen (secondary N) is 2. The number of benzene rings is 1. The Kier molecular flexibility index (Phi) is 6.49. The van der Waals surface area contributed by atoms with Crippen LogP contribution in [-0.4, -0.2) is 18.5 Å². The molecule has 0 unspecified atom stereocenters. The van der Waals surface area contributed by atoms with Crippen molar-refractivity contribution in [3.8, 4) is 0 Å². The van der Waals surface area contributed by atoms with E-state index in [9.17, 15) is 4.79 Å². The second-order valence-corrected chi connectivity index (χ2v) is 7.73. The Balaban J connectivity index is 1.79. The van der Waals surface area contributed by atoms with Crippen molar-refractivity contribution in [1.29, 1.82) is 0 Å². The Hall–Kier alpha value is -1.51. The maximum atomic E-state index is 12.1. The van der Waals surface area contributed by atoms with E-state index in [-0.39, 0.29) is 11.3 Å². The predicted octanol–water partition coefficient (Wildman–Crippen LogP) is 4.63. The Bertz CT molecular complexity index is 497. The molecule has 3 heteroatoms. The molecule has 0 atom stereocenters. The number of amides is 1. The Morgan fingerprint density at radius 1 is 1.09 bits per heavy atom. The van der Waals surface area contributed by atoms with E-state index >= 15 is 0 Å². The summed E-state index contributed by atoms with van der Waals surface area (Å²) in [5.41, 5.74) is 2.54. The molecule has 0 saturated heterocycles. The van der Waals surface area contributed by atoms with Gasteiger partial charge >= 0.3 is 0 Å². The molecule has 0 spiro atoms. The summed E-state index contributed by atoms with van der Waals surface area (Å²) in [5.74, 6) is 0.178. The molecule has 1 fully saturated rings. The highest BCUT2D eigenvalue weighted by Gasteiger charge is 2.18. The normalized spacial score (nSPS) is 16.7. The van der Waals surface area contributed by atoms with E-state index in [4.69, 9.17) is 0 Å². The minimum Gasteiger partial charge on any atom is -0.384 e. The van der Waals surface area contributed by atoms with Crippen LogP contribution < -0.4 is 10.6 Å². The zero-order valence-electron chi connectivity index (χ0n) is 15.0. The fourth-order valence-corrected chi connectivity index (χ4v) is 3.33. The smallest absolute Gasteiger partial charge is 0.221 e. The topological polar surface area (TPSA) is 41.1 Å².